The summed E-state index contributed by atoms with van der Waals surface area (Å²) >= 11 is 6.67. The number of hydrogen-bond donors (Lipinski definition) is 2. The van der Waals surface area contributed by atoms with Crippen molar-refractivity contribution in [2.75, 3.05) is 6.54 Å². The van der Waals surface area contributed by atoms with E-state index in [-0.39, 0.29) is 12.3 Å². The molecule has 1 spiro atoms. The van der Waals surface area contributed by atoms with Gasteiger partial charge in [-0.05, 0) is 73.6 Å². The number of esters is 1. The van der Waals surface area contributed by atoms with Gasteiger partial charge in [-0.2, -0.15) is 5.26 Å². The van der Waals surface area contributed by atoms with Crippen LogP contribution in [0.1, 0.15) is 60.0 Å². The average molecular weight is 464 g/mol. The van der Waals surface area contributed by atoms with Crippen molar-refractivity contribution in [2.45, 2.75) is 51.0 Å². The lowest BCUT2D eigenvalue weighted by molar-refractivity contribution is -0.147. The molecule has 0 atom stereocenters. The predicted octanol–water partition coefficient (Wildman–Crippen LogP) is 4.89. The summed E-state index contributed by atoms with van der Waals surface area (Å²) in [4.78, 5) is 25.2. The van der Waals surface area contributed by atoms with Crippen molar-refractivity contribution in [3.8, 4) is 17.2 Å². The zero-order valence-corrected chi connectivity index (χ0v) is 19.3. The summed E-state index contributed by atoms with van der Waals surface area (Å²) in [5, 5.41) is 11.8. The predicted molar refractivity (Wildman–Crippen MR) is 127 cm³/mol. The van der Waals surface area contributed by atoms with Gasteiger partial charge < -0.3 is 15.8 Å². The van der Waals surface area contributed by atoms with Gasteiger partial charge in [0.25, 0.3) is 5.91 Å². The van der Waals surface area contributed by atoms with Crippen molar-refractivity contribution in [3.63, 3.8) is 0 Å². The Morgan fingerprint density at radius 1 is 1.21 bits per heavy atom. The van der Waals surface area contributed by atoms with Crippen molar-refractivity contribution < 1.29 is 14.3 Å². The number of ether oxygens (including phenoxy) is 1. The minimum Gasteiger partial charge on any atom is -0.449 e. The highest BCUT2D eigenvalue weighted by atomic mass is 35.5. The highest BCUT2D eigenvalue weighted by Gasteiger charge is 2.47. The standard InChI is InChI=1S/C26H26ClN3O3/c1-16-13-20(17-7-5-8-18(14-17)24(31)30-12-6-11-28)21(27)15-19(16)22-23(29)26(33-25(22)32)9-3-2-4-10-26/h5,7-8,13-15H,2-4,6,9-10,12,29H2,1H3,(H,30,31). The Kier molecular flexibility index (Phi) is 6.44. The number of nitrogens with zero attached hydrogens (tertiary/aromatic N) is 1. The molecule has 1 fully saturated rings. The first-order chi connectivity index (χ1) is 15.9. The number of aryl methyl sites for hydroxylation is 1. The average Bonchev–Trinajstić information content (AvgIpc) is 3.04. The van der Waals surface area contributed by atoms with Crippen LogP contribution in [-0.4, -0.2) is 24.0 Å². The summed E-state index contributed by atoms with van der Waals surface area (Å²) in [5.41, 5.74) is 10.3. The third-order valence-electron chi connectivity index (χ3n) is 6.46. The topological polar surface area (TPSA) is 105 Å². The number of amides is 1. The minimum absolute atomic E-state index is 0.249. The summed E-state index contributed by atoms with van der Waals surface area (Å²) < 4.78 is 5.82. The highest BCUT2D eigenvalue weighted by molar-refractivity contribution is 6.34. The van der Waals surface area contributed by atoms with Gasteiger partial charge in [-0.3, -0.25) is 4.79 Å². The van der Waals surface area contributed by atoms with E-state index in [1.54, 1.807) is 24.3 Å². The molecule has 0 saturated heterocycles. The fourth-order valence-corrected chi connectivity index (χ4v) is 4.98. The molecule has 1 aliphatic carbocycles. The molecular formula is C26H26ClN3O3. The SMILES string of the molecule is Cc1cc(-c2cccc(C(=O)NCCC#N)c2)c(Cl)cc1C1=C(N)C2(CCCCC2)OC1=O. The molecule has 2 aromatic rings. The van der Waals surface area contributed by atoms with Crippen LogP contribution in [0.4, 0.5) is 0 Å². The second kappa shape index (κ2) is 9.29. The zero-order valence-electron chi connectivity index (χ0n) is 18.5. The molecule has 1 amide bonds. The van der Waals surface area contributed by atoms with E-state index in [2.05, 4.69) is 5.32 Å². The van der Waals surface area contributed by atoms with Crippen LogP contribution in [0.25, 0.3) is 16.7 Å². The summed E-state index contributed by atoms with van der Waals surface area (Å²) in [6.07, 6.45) is 4.85. The monoisotopic (exact) mass is 463 g/mol. The molecule has 170 valence electrons. The Morgan fingerprint density at radius 2 is 1.97 bits per heavy atom. The number of carbonyl (C=O) groups is 2. The Hall–Kier alpha value is -3.30. The molecule has 0 radical (unpaired) electrons. The van der Waals surface area contributed by atoms with Gasteiger partial charge in [0.1, 0.15) is 0 Å². The van der Waals surface area contributed by atoms with Gasteiger partial charge in [0, 0.05) is 22.7 Å². The number of nitriles is 1. The normalized spacial score (nSPS) is 17.1. The molecule has 7 heteroatoms. The van der Waals surface area contributed by atoms with Gasteiger partial charge in [-0.25, -0.2) is 4.79 Å². The number of nitrogens with one attached hydrogen (secondary N) is 1. The highest BCUT2D eigenvalue weighted by Crippen LogP contribution is 2.45. The van der Waals surface area contributed by atoms with Crippen molar-refractivity contribution in [2.24, 2.45) is 5.73 Å². The summed E-state index contributed by atoms with van der Waals surface area (Å²) in [7, 11) is 0. The van der Waals surface area contributed by atoms with E-state index in [9.17, 15) is 9.59 Å². The first-order valence-corrected chi connectivity index (χ1v) is 11.5. The van der Waals surface area contributed by atoms with Crippen molar-refractivity contribution in [3.05, 3.63) is 63.8 Å². The first kappa shape index (κ1) is 22.9. The molecular weight excluding hydrogens is 438 g/mol. The lowest BCUT2D eigenvalue weighted by Gasteiger charge is -2.32. The molecule has 1 heterocycles. The Bertz CT molecular complexity index is 1190. The van der Waals surface area contributed by atoms with Gasteiger partial charge in [-0.1, -0.05) is 30.2 Å². The number of hydrogen-bond acceptors (Lipinski definition) is 5. The van der Waals surface area contributed by atoms with Gasteiger partial charge in [0.15, 0.2) is 5.60 Å². The quantitative estimate of drug-likeness (QED) is 0.485. The van der Waals surface area contributed by atoms with E-state index < -0.39 is 11.6 Å². The lowest BCUT2D eigenvalue weighted by atomic mass is 9.81. The third-order valence-corrected chi connectivity index (χ3v) is 6.77. The van der Waals surface area contributed by atoms with Crippen LogP contribution in [-0.2, 0) is 9.53 Å². The zero-order chi connectivity index (χ0) is 23.6. The molecule has 1 aliphatic heterocycles. The van der Waals surface area contributed by atoms with Crippen molar-refractivity contribution in [1.82, 2.24) is 5.32 Å². The van der Waals surface area contributed by atoms with E-state index in [0.717, 1.165) is 48.8 Å². The van der Waals surface area contributed by atoms with Gasteiger partial charge in [-0.15, -0.1) is 0 Å². The Labute approximate surface area is 198 Å². The number of benzene rings is 2. The molecule has 2 aromatic carbocycles. The van der Waals surface area contributed by atoms with E-state index >= 15 is 0 Å². The van der Waals surface area contributed by atoms with Crippen molar-refractivity contribution in [1.29, 1.82) is 5.26 Å². The van der Waals surface area contributed by atoms with Crippen LogP contribution >= 0.6 is 11.6 Å². The summed E-state index contributed by atoms with van der Waals surface area (Å²) in [6, 6.07) is 12.8. The molecule has 33 heavy (non-hydrogen) atoms. The second-order valence-electron chi connectivity index (χ2n) is 8.62. The van der Waals surface area contributed by atoms with Crippen LogP contribution in [0.2, 0.25) is 5.02 Å². The fourth-order valence-electron chi connectivity index (χ4n) is 4.70. The molecule has 4 rings (SSSR count). The molecule has 3 N–H and O–H groups in total. The molecule has 0 bridgehead atoms. The van der Waals surface area contributed by atoms with E-state index in [0.29, 0.717) is 34.0 Å². The summed E-state index contributed by atoms with van der Waals surface area (Å²) in [6.45, 7) is 2.20. The van der Waals surface area contributed by atoms with Crippen LogP contribution < -0.4 is 11.1 Å². The maximum atomic E-state index is 12.8. The van der Waals surface area contributed by atoms with E-state index in [1.165, 1.54) is 0 Å². The molecule has 1 saturated carbocycles. The Balaban J connectivity index is 1.68. The van der Waals surface area contributed by atoms with Gasteiger partial charge >= 0.3 is 5.97 Å². The van der Waals surface area contributed by atoms with E-state index in [4.69, 9.17) is 27.3 Å². The largest absolute Gasteiger partial charge is 0.449 e. The van der Waals surface area contributed by atoms with Crippen LogP contribution in [0.3, 0.4) is 0 Å². The second-order valence-corrected chi connectivity index (χ2v) is 9.03. The number of halogens is 1. The van der Waals surface area contributed by atoms with Crippen molar-refractivity contribution >= 4 is 29.1 Å². The molecule has 6 nitrogen and oxygen atoms in total. The Morgan fingerprint density at radius 3 is 2.70 bits per heavy atom. The van der Waals surface area contributed by atoms with E-state index in [1.807, 2.05) is 25.1 Å². The third kappa shape index (κ3) is 4.34. The number of carbonyl (C=O) groups excluding carboxylic acids is 2. The molecule has 0 aromatic heterocycles. The van der Waals surface area contributed by atoms with Gasteiger partial charge in [0.05, 0.1) is 23.8 Å². The number of nitrogens with two attached hydrogens (primary N) is 1. The van der Waals surface area contributed by atoms with Crippen LogP contribution in [0.15, 0.2) is 42.1 Å². The molecule has 0 unspecified atom stereocenters. The minimum atomic E-state index is -0.685. The maximum Gasteiger partial charge on any atom is 0.341 e. The lowest BCUT2D eigenvalue weighted by Crippen LogP contribution is -2.37. The van der Waals surface area contributed by atoms with Crippen LogP contribution in [0, 0.1) is 18.3 Å². The fraction of sp³-hybridized carbons (Fsp3) is 0.346. The summed E-state index contributed by atoms with van der Waals surface area (Å²) in [5.74, 6) is -0.640. The molecule has 2 aliphatic rings. The van der Waals surface area contributed by atoms with Gasteiger partial charge in [0.2, 0.25) is 0 Å². The number of rotatable bonds is 5. The smallest absolute Gasteiger partial charge is 0.341 e. The maximum absolute atomic E-state index is 12.8. The first-order valence-electron chi connectivity index (χ1n) is 11.2. The van der Waals surface area contributed by atoms with Crippen LogP contribution in [0.5, 0.6) is 0 Å².